The van der Waals surface area contributed by atoms with Crippen LogP contribution in [0.3, 0.4) is 0 Å². The number of para-hydroxylation sites is 4. The van der Waals surface area contributed by atoms with E-state index >= 15 is 0 Å². The molecule has 0 aliphatic rings. The summed E-state index contributed by atoms with van der Waals surface area (Å²) in [4.78, 5) is 10.9. The van der Waals surface area contributed by atoms with Gasteiger partial charge in [0.1, 0.15) is 5.69 Å². The molecule has 0 aliphatic carbocycles. The molecule has 0 spiro atoms. The molecule has 3 aromatic heterocycles. The lowest BCUT2D eigenvalue weighted by atomic mass is 10.00. The Morgan fingerprint density at radius 3 is 1.69 bits per heavy atom. The summed E-state index contributed by atoms with van der Waals surface area (Å²) in [5.74, 6) is 0.801. The second-order valence-electron chi connectivity index (χ2n) is 16.6. The van der Waals surface area contributed by atoms with Crippen LogP contribution in [0.2, 0.25) is 0 Å². The van der Waals surface area contributed by atoms with E-state index in [4.69, 9.17) is 9.97 Å². The quantitative estimate of drug-likeness (QED) is 0.168. The summed E-state index contributed by atoms with van der Waals surface area (Å²) in [7, 11) is 0. The van der Waals surface area contributed by atoms with E-state index in [-0.39, 0.29) is 0 Å². The standard InChI is InChI=1S/C60H38N4/c1-3-16-39(17-4-1)41-22-15-23-46(34-41)59-60(62-53-27-12-11-26-52(53)61-59)64-56-33-31-44(36-50(56)51-35-42-20-7-8-21-43(42)37-58(51)64)45-30-32-49-48-25-10-14-29-55(48)63(57(49)38-45)54-28-13-9-24-47(54)40-18-5-2-6-19-40/h1-38H. The van der Waals surface area contributed by atoms with E-state index in [1.807, 2.05) is 12.1 Å². The maximum Gasteiger partial charge on any atom is 0.165 e. The molecule has 13 rings (SSSR count). The molecular formula is C60H38N4. The normalized spacial score (nSPS) is 11.8. The van der Waals surface area contributed by atoms with E-state index in [0.717, 1.165) is 72.5 Å². The molecule has 0 N–H and O–H groups in total. The molecule has 64 heavy (non-hydrogen) atoms. The van der Waals surface area contributed by atoms with Crippen LogP contribution in [0.4, 0.5) is 0 Å². The maximum absolute atomic E-state index is 5.48. The molecule has 0 amide bonds. The molecule has 4 heteroatoms. The maximum atomic E-state index is 5.48. The van der Waals surface area contributed by atoms with E-state index in [1.165, 1.54) is 49.1 Å². The Kier molecular flexibility index (Phi) is 8.18. The number of benzene rings is 10. The van der Waals surface area contributed by atoms with E-state index in [1.54, 1.807) is 0 Å². The molecule has 0 bridgehead atoms. The number of aromatic nitrogens is 4. The first-order valence-electron chi connectivity index (χ1n) is 21.8. The van der Waals surface area contributed by atoms with Gasteiger partial charge in [-0.1, -0.05) is 170 Å². The summed E-state index contributed by atoms with van der Waals surface area (Å²) in [6.07, 6.45) is 0. The molecule has 10 aromatic carbocycles. The highest BCUT2D eigenvalue weighted by molar-refractivity contribution is 6.15. The van der Waals surface area contributed by atoms with Crippen molar-refractivity contribution in [3.63, 3.8) is 0 Å². The first-order valence-corrected chi connectivity index (χ1v) is 21.8. The van der Waals surface area contributed by atoms with Crippen molar-refractivity contribution >= 4 is 65.4 Å². The Hall–Kier alpha value is -8.60. The lowest BCUT2D eigenvalue weighted by molar-refractivity contribution is 1.08. The topological polar surface area (TPSA) is 35.6 Å². The lowest BCUT2D eigenvalue weighted by Crippen LogP contribution is -2.04. The summed E-state index contributed by atoms with van der Waals surface area (Å²) >= 11 is 0. The second-order valence-corrected chi connectivity index (χ2v) is 16.6. The highest BCUT2D eigenvalue weighted by atomic mass is 15.1. The molecule has 0 aliphatic heterocycles. The van der Waals surface area contributed by atoms with Crippen LogP contribution in [0.25, 0.3) is 122 Å². The third-order valence-corrected chi connectivity index (χ3v) is 12.9. The van der Waals surface area contributed by atoms with Crippen LogP contribution < -0.4 is 0 Å². The SMILES string of the molecule is c1ccc(-c2cccc(-c3nc4ccccc4nc3-n3c4ccc(-c5ccc6c7ccccc7n(-c7ccccc7-c7ccccc7)c6c5)cc4c4cc5ccccc5cc43)c2)cc1. The molecule has 0 radical (unpaired) electrons. The number of nitrogens with zero attached hydrogens (tertiary/aromatic N) is 4. The number of fused-ring (bicyclic) bond motifs is 8. The van der Waals surface area contributed by atoms with Crippen LogP contribution in [0.5, 0.6) is 0 Å². The Morgan fingerprint density at radius 2 is 0.844 bits per heavy atom. The van der Waals surface area contributed by atoms with Crippen molar-refractivity contribution in [2.75, 3.05) is 0 Å². The average Bonchev–Trinajstić information content (AvgIpc) is 3.87. The van der Waals surface area contributed by atoms with Crippen molar-refractivity contribution in [1.82, 2.24) is 19.1 Å². The molecule has 0 saturated carbocycles. The Balaban J connectivity index is 1.05. The fourth-order valence-corrected chi connectivity index (χ4v) is 9.87. The zero-order valence-corrected chi connectivity index (χ0v) is 34.7. The van der Waals surface area contributed by atoms with Crippen molar-refractivity contribution < 1.29 is 0 Å². The monoisotopic (exact) mass is 814 g/mol. The van der Waals surface area contributed by atoms with Crippen molar-refractivity contribution in [1.29, 1.82) is 0 Å². The molecule has 13 aromatic rings. The molecular weight excluding hydrogens is 777 g/mol. The van der Waals surface area contributed by atoms with Crippen LogP contribution in [-0.2, 0) is 0 Å². The fourth-order valence-electron chi connectivity index (χ4n) is 9.87. The Labute approximate surface area is 369 Å². The summed E-state index contributed by atoms with van der Waals surface area (Å²) in [6, 6.07) is 82.8. The second kappa shape index (κ2) is 14.5. The average molecular weight is 815 g/mol. The third kappa shape index (κ3) is 5.77. The van der Waals surface area contributed by atoms with Crippen LogP contribution in [0.1, 0.15) is 0 Å². The van der Waals surface area contributed by atoms with E-state index in [2.05, 4.69) is 228 Å². The van der Waals surface area contributed by atoms with Crippen LogP contribution in [0.15, 0.2) is 231 Å². The van der Waals surface area contributed by atoms with Gasteiger partial charge in [0.05, 0.1) is 38.8 Å². The molecule has 3 heterocycles. The van der Waals surface area contributed by atoms with Gasteiger partial charge < -0.3 is 4.57 Å². The van der Waals surface area contributed by atoms with Crippen LogP contribution in [-0.4, -0.2) is 19.1 Å². The largest absolute Gasteiger partial charge is 0.309 e. The van der Waals surface area contributed by atoms with E-state index < -0.39 is 0 Å². The predicted molar refractivity (Wildman–Crippen MR) is 267 cm³/mol. The number of hydrogen-bond acceptors (Lipinski definition) is 2. The van der Waals surface area contributed by atoms with Gasteiger partial charge >= 0.3 is 0 Å². The van der Waals surface area contributed by atoms with Gasteiger partial charge in [-0.05, 0) is 99.3 Å². The number of rotatable bonds is 6. The first-order chi connectivity index (χ1) is 31.7. The van der Waals surface area contributed by atoms with Gasteiger partial charge in [-0.25, -0.2) is 9.97 Å². The summed E-state index contributed by atoms with van der Waals surface area (Å²) in [5, 5.41) is 7.16. The zero-order valence-electron chi connectivity index (χ0n) is 34.7. The van der Waals surface area contributed by atoms with Gasteiger partial charge in [0.25, 0.3) is 0 Å². The smallest absolute Gasteiger partial charge is 0.165 e. The number of hydrogen-bond donors (Lipinski definition) is 0. The van der Waals surface area contributed by atoms with Crippen molar-refractivity contribution in [2.24, 2.45) is 0 Å². The minimum atomic E-state index is 0.801. The Bertz CT molecular complexity index is 3950. The molecule has 0 unspecified atom stereocenters. The van der Waals surface area contributed by atoms with Gasteiger partial charge in [0.15, 0.2) is 5.82 Å². The highest BCUT2D eigenvalue weighted by Gasteiger charge is 2.22. The van der Waals surface area contributed by atoms with Crippen LogP contribution in [0, 0.1) is 0 Å². The van der Waals surface area contributed by atoms with Gasteiger partial charge in [-0.3, -0.25) is 4.57 Å². The van der Waals surface area contributed by atoms with Crippen molar-refractivity contribution in [2.45, 2.75) is 0 Å². The molecule has 4 nitrogen and oxygen atoms in total. The first kappa shape index (κ1) is 36.1. The summed E-state index contributed by atoms with van der Waals surface area (Å²) in [5.41, 5.74) is 16.2. The lowest BCUT2D eigenvalue weighted by Gasteiger charge is -2.15. The summed E-state index contributed by atoms with van der Waals surface area (Å²) in [6.45, 7) is 0. The molecule has 0 fully saturated rings. The highest BCUT2D eigenvalue weighted by Crippen LogP contribution is 2.42. The van der Waals surface area contributed by atoms with Gasteiger partial charge in [0.2, 0.25) is 0 Å². The molecule has 0 atom stereocenters. The zero-order chi connectivity index (χ0) is 42.1. The summed E-state index contributed by atoms with van der Waals surface area (Å²) < 4.78 is 4.78. The van der Waals surface area contributed by atoms with Crippen LogP contribution >= 0.6 is 0 Å². The van der Waals surface area contributed by atoms with Crippen molar-refractivity contribution in [3.05, 3.63) is 231 Å². The van der Waals surface area contributed by atoms with Crippen molar-refractivity contribution in [3.8, 4) is 56.1 Å². The molecule has 298 valence electrons. The van der Waals surface area contributed by atoms with E-state index in [9.17, 15) is 0 Å². The van der Waals surface area contributed by atoms with Gasteiger partial charge in [-0.15, -0.1) is 0 Å². The van der Waals surface area contributed by atoms with E-state index in [0.29, 0.717) is 0 Å². The van der Waals surface area contributed by atoms with Gasteiger partial charge in [-0.2, -0.15) is 0 Å². The minimum Gasteiger partial charge on any atom is -0.309 e. The fraction of sp³-hybridized carbons (Fsp3) is 0. The van der Waals surface area contributed by atoms with Gasteiger partial charge in [0, 0.05) is 32.7 Å². The minimum absolute atomic E-state index is 0.801. The predicted octanol–water partition coefficient (Wildman–Crippen LogP) is 15.6. The molecule has 0 saturated heterocycles. The third-order valence-electron chi connectivity index (χ3n) is 12.9. The Morgan fingerprint density at radius 1 is 0.281 bits per heavy atom.